The van der Waals surface area contributed by atoms with E-state index in [-0.39, 0.29) is 11.3 Å². The lowest BCUT2D eigenvalue weighted by Gasteiger charge is -2.36. The van der Waals surface area contributed by atoms with Crippen LogP contribution in [0.2, 0.25) is 0 Å². The molecule has 1 aromatic heterocycles. The van der Waals surface area contributed by atoms with E-state index in [1.54, 1.807) is 36.3 Å². The number of carbonyl (C=O) groups excluding carboxylic acids is 3. The van der Waals surface area contributed by atoms with E-state index < -0.39 is 41.9 Å². The SMILES string of the molecule is COc1cccc([C@@H]2c3[nH]c4ccccc4c3C[C@H]3C(=O)N(c4ccccc4C(=O)N4CCC[C@@H]4C(=O)O)C(=O)N23)c1. The fourth-order valence-electron chi connectivity index (χ4n) is 6.73. The Morgan fingerprint density at radius 1 is 1.00 bits per heavy atom. The Hall–Kier alpha value is -5.12. The second kappa shape index (κ2) is 9.76. The number of nitrogens with zero attached hydrogens (tertiary/aromatic N) is 3. The molecule has 42 heavy (non-hydrogen) atoms. The standard InChI is InChI=1S/C32H28N4O6/c1-42-19-9-6-8-18(16-19)28-27-22(20-10-2-4-12-23(20)33-27)17-26-30(38)36(32(41)35(26)28)24-13-5-3-11-21(24)29(37)34-15-7-14-25(34)31(39)40/h2-6,8-13,16,25-26,28,33H,7,14-15,17H2,1H3,(H,39,40)/t25-,26+,28-/m1/s1. The number of anilines is 1. The van der Waals surface area contributed by atoms with Crippen LogP contribution in [0.15, 0.2) is 72.8 Å². The predicted molar refractivity (Wildman–Crippen MR) is 153 cm³/mol. The maximum Gasteiger partial charge on any atom is 0.332 e. The molecule has 4 heterocycles. The van der Waals surface area contributed by atoms with Gasteiger partial charge in [0, 0.05) is 29.6 Å². The van der Waals surface area contributed by atoms with Gasteiger partial charge in [-0.1, -0.05) is 42.5 Å². The second-order valence-corrected chi connectivity index (χ2v) is 10.8. The molecule has 3 aliphatic rings. The van der Waals surface area contributed by atoms with E-state index in [0.717, 1.165) is 32.6 Å². The number of imide groups is 1. The van der Waals surface area contributed by atoms with E-state index in [0.29, 0.717) is 31.6 Å². The number of carboxylic acids is 1. The highest BCUT2D eigenvalue weighted by Gasteiger charge is 2.54. The molecule has 2 fully saturated rings. The first kappa shape index (κ1) is 25.8. The minimum absolute atomic E-state index is 0.120. The first-order valence-electron chi connectivity index (χ1n) is 13.9. The molecule has 0 aliphatic carbocycles. The number of likely N-dealkylation sites (tertiary alicyclic amines) is 1. The van der Waals surface area contributed by atoms with E-state index in [1.165, 1.54) is 4.90 Å². The smallest absolute Gasteiger partial charge is 0.332 e. The molecule has 0 radical (unpaired) electrons. The number of rotatable bonds is 5. The predicted octanol–water partition coefficient (Wildman–Crippen LogP) is 4.35. The summed E-state index contributed by atoms with van der Waals surface area (Å²) in [5.74, 6) is -1.39. The Balaban J connectivity index is 1.34. The summed E-state index contributed by atoms with van der Waals surface area (Å²) in [7, 11) is 1.58. The highest BCUT2D eigenvalue weighted by atomic mass is 16.5. The van der Waals surface area contributed by atoms with Gasteiger partial charge in [0.2, 0.25) is 0 Å². The Bertz CT molecular complexity index is 1780. The number of ether oxygens (including phenoxy) is 1. The van der Waals surface area contributed by atoms with E-state index >= 15 is 0 Å². The average Bonchev–Trinajstić information content (AvgIpc) is 3.71. The zero-order chi connectivity index (χ0) is 29.1. The van der Waals surface area contributed by atoms with Crippen LogP contribution in [0.1, 0.15) is 46.1 Å². The molecular weight excluding hydrogens is 536 g/mol. The largest absolute Gasteiger partial charge is 0.497 e. The number of benzene rings is 3. The number of hydrogen-bond donors (Lipinski definition) is 2. The third-order valence-corrected chi connectivity index (χ3v) is 8.63. The molecule has 3 aliphatic heterocycles. The summed E-state index contributed by atoms with van der Waals surface area (Å²) in [6.07, 6.45) is 1.23. The highest BCUT2D eigenvalue weighted by molar-refractivity contribution is 6.24. The lowest BCUT2D eigenvalue weighted by atomic mass is 9.89. The number of para-hydroxylation sites is 2. The number of carboxylic acid groups (broad SMARTS) is 1. The van der Waals surface area contributed by atoms with Crippen molar-refractivity contribution in [3.8, 4) is 5.75 Å². The Morgan fingerprint density at radius 3 is 2.60 bits per heavy atom. The van der Waals surface area contributed by atoms with Crippen LogP contribution >= 0.6 is 0 Å². The number of urea groups is 1. The third kappa shape index (κ3) is 3.78. The zero-order valence-electron chi connectivity index (χ0n) is 22.8. The molecule has 3 aromatic carbocycles. The summed E-state index contributed by atoms with van der Waals surface area (Å²) in [5.41, 5.74) is 3.77. The average molecular weight is 565 g/mol. The number of hydrogen-bond acceptors (Lipinski definition) is 5. The summed E-state index contributed by atoms with van der Waals surface area (Å²) in [6.45, 7) is 0.292. The van der Waals surface area contributed by atoms with E-state index in [2.05, 4.69) is 4.98 Å². The molecule has 2 N–H and O–H groups in total. The molecule has 0 spiro atoms. The van der Waals surface area contributed by atoms with Crippen molar-refractivity contribution < 1.29 is 29.0 Å². The number of nitrogens with one attached hydrogen (secondary N) is 1. The molecule has 4 amide bonds. The minimum Gasteiger partial charge on any atom is -0.497 e. The molecule has 10 heteroatoms. The Labute approximate surface area is 241 Å². The van der Waals surface area contributed by atoms with Crippen molar-refractivity contribution in [3.63, 3.8) is 0 Å². The first-order valence-corrected chi connectivity index (χ1v) is 13.9. The fraction of sp³-hybridized carbons (Fsp3) is 0.250. The minimum atomic E-state index is -1.07. The van der Waals surface area contributed by atoms with Gasteiger partial charge in [0.05, 0.1) is 18.4 Å². The summed E-state index contributed by atoms with van der Waals surface area (Å²) < 4.78 is 5.48. The van der Waals surface area contributed by atoms with Crippen molar-refractivity contribution in [2.45, 2.75) is 37.4 Å². The van der Waals surface area contributed by atoms with Gasteiger partial charge in [0.15, 0.2) is 0 Å². The number of amides is 4. The quantitative estimate of drug-likeness (QED) is 0.348. The van der Waals surface area contributed by atoms with Crippen molar-refractivity contribution in [3.05, 3.63) is 95.2 Å². The molecule has 4 aromatic rings. The van der Waals surface area contributed by atoms with Crippen molar-refractivity contribution in [1.29, 1.82) is 0 Å². The summed E-state index contributed by atoms with van der Waals surface area (Å²) in [5, 5.41) is 10.7. The molecule has 10 nitrogen and oxygen atoms in total. The van der Waals surface area contributed by atoms with E-state index in [9.17, 15) is 24.3 Å². The fourth-order valence-corrected chi connectivity index (χ4v) is 6.73. The van der Waals surface area contributed by atoms with Gasteiger partial charge < -0.3 is 19.7 Å². The number of aromatic nitrogens is 1. The lowest BCUT2D eigenvalue weighted by Crippen LogP contribution is -2.44. The summed E-state index contributed by atoms with van der Waals surface area (Å²) >= 11 is 0. The maximum atomic E-state index is 14.3. The van der Waals surface area contributed by atoms with Crippen molar-refractivity contribution >= 4 is 40.4 Å². The van der Waals surface area contributed by atoms with Crippen LogP contribution in [0.4, 0.5) is 10.5 Å². The van der Waals surface area contributed by atoms with Crippen LogP contribution in [0.5, 0.6) is 5.75 Å². The summed E-state index contributed by atoms with van der Waals surface area (Å²) in [6, 6.07) is 18.8. The molecule has 3 atom stereocenters. The number of aromatic amines is 1. The second-order valence-electron chi connectivity index (χ2n) is 10.8. The van der Waals surface area contributed by atoms with Crippen molar-refractivity contribution in [1.82, 2.24) is 14.8 Å². The Kier molecular flexibility index (Phi) is 6.00. The van der Waals surface area contributed by atoms with Gasteiger partial charge in [-0.05, 0) is 54.3 Å². The van der Waals surface area contributed by atoms with Crippen molar-refractivity contribution in [2.24, 2.45) is 0 Å². The number of methoxy groups -OCH3 is 1. The van der Waals surface area contributed by atoms with Crippen molar-refractivity contribution in [2.75, 3.05) is 18.6 Å². The topological polar surface area (TPSA) is 123 Å². The Morgan fingerprint density at radius 2 is 1.79 bits per heavy atom. The molecular formula is C32H28N4O6. The third-order valence-electron chi connectivity index (χ3n) is 8.63. The summed E-state index contributed by atoms with van der Waals surface area (Å²) in [4.78, 5) is 61.6. The lowest BCUT2D eigenvalue weighted by molar-refractivity contribution is -0.141. The van der Waals surface area contributed by atoms with Crippen LogP contribution in [-0.2, 0) is 16.0 Å². The van der Waals surface area contributed by atoms with Gasteiger partial charge in [0.25, 0.3) is 11.8 Å². The number of aliphatic carboxylic acids is 1. The maximum absolute atomic E-state index is 14.3. The normalized spacial score (nSPS) is 21.5. The van der Waals surface area contributed by atoms with Crippen LogP contribution in [-0.4, -0.2) is 69.4 Å². The van der Waals surface area contributed by atoms with Gasteiger partial charge in [0.1, 0.15) is 23.9 Å². The molecule has 0 saturated carbocycles. The van der Waals surface area contributed by atoms with Crippen LogP contribution in [0.25, 0.3) is 10.9 Å². The van der Waals surface area contributed by atoms with Gasteiger partial charge in [-0.25, -0.2) is 14.5 Å². The van der Waals surface area contributed by atoms with Gasteiger partial charge in [-0.2, -0.15) is 0 Å². The van der Waals surface area contributed by atoms with E-state index in [1.807, 2.05) is 48.5 Å². The van der Waals surface area contributed by atoms with Crippen LogP contribution < -0.4 is 9.64 Å². The molecule has 7 rings (SSSR count). The highest BCUT2D eigenvalue weighted by Crippen LogP contribution is 2.45. The van der Waals surface area contributed by atoms with Gasteiger partial charge >= 0.3 is 12.0 Å². The monoisotopic (exact) mass is 564 g/mol. The molecule has 0 unspecified atom stereocenters. The van der Waals surface area contributed by atoms with Gasteiger partial charge in [-0.15, -0.1) is 0 Å². The zero-order valence-corrected chi connectivity index (χ0v) is 22.8. The van der Waals surface area contributed by atoms with E-state index in [4.69, 9.17) is 4.74 Å². The van der Waals surface area contributed by atoms with Crippen LogP contribution in [0.3, 0.4) is 0 Å². The van der Waals surface area contributed by atoms with Crippen LogP contribution in [0, 0.1) is 0 Å². The molecule has 2 saturated heterocycles. The molecule has 0 bridgehead atoms. The first-order chi connectivity index (χ1) is 20.4. The number of fused-ring (bicyclic) bond motifs is 4. The number of H-pyrrole nitrogens is 1. The van der Waals surface area contributed by atoms with Gasteiger partial charge in [-0.3, -0.25) is 14.5 Å². The molecule has 212 valence electrons. The number of carbonyl (C=O) groups is 4.